The summed E-state index contributed by atoms with van der Waals surface area (Å²) in [6, 6.07) is 0. The second-order valence-electron chi connectivity index (χ2n) is 8.04. The lowest BCUT2D eigenvalue weighted by molar-refractivity contribution is -0.143. The largest absolute Gasteiger partial charge is 0.460 e. The lowest BCUT2D eigenvalue weighted by Crippen LogP contribution is -2.41. The fourth-order valence-electron chi connectivity index (χ4n) is 3.54. The van der Waals surface area contributed by atoms with Gasteiger partial charge in [-0.1, -0.05) is 33.1 Å². The van der Waals surface area contributed by atoms with Crippen LogP contribution >= 0.6 is 0 Å². The molecule has 1 fully saturated rings. The molecule has 2 rings (SSSR count). The predicted octanol–water partition coefficient (Wildman–Crippen LogP) is 3.78. The number of amidine groups is 1. The van der Waals surface area contributed by atoms with Crippen LogP contribution in [0.25, 0.3) is 0 Å². The summed E-state index contributed by atoms with van der Waals surface area (Å²) in [6.07, 6.45) is 5.27. The number of rotatable bonds is 5. The van der Waals surface area contributed by atoms with Crippen molar-refractivity contribution < 1.29 is 14.3 Å². The highest BCUT2D eigenvalue weighted by molar-refractivity contribution is 6.17. The van der Waals surface area contributed by atoms with E-state index in [2.05, 4.69) is 10.3 Å². The van der Waals surface area contributed by atoms with Crippen molar-refractivity contribution in [1.82, 2.24) is 5.32 Å². The summed E-state index contributed by atoms with van der Waals surface area (Å²) in [4.78, 5) is 29.9. The van der Waals surface area contributed by atoms with Crippen molar-refractivity contribution in [3.63, 3.8) is 0 Å². The molecular formula is C20H32N2O3. The Bertz CT molecular complexity index is 598. The number of aliphatic imine (C=N–C) groups is 1. The summed E-state index contributed by atoms with van der Waals surface area (Å²) in [6.45, 7) is 11.4. The minimum absolute atomic E-state index is 0.0820. The second kappa shape index (κ2) is 7.71. The Labute approximate surface area is 151 Å². The van der Waals surface area contributed by atoms with Gasteiger partial charge in [0.1, 0.15) is 11.4 Å². The Balaban J connectivity index is 2.43. The van der Waals surface area contributed by atoms with E-state index in [9.17, 15) is 9.59 Å². The molecule has 0 radical (unpaired) electrons. The predicted molar refractivity (Wildman–Crippen MR) is 99.3 cm³/mol. The van der Waals surface area contributed by atoms with Crippen molar-refractivity contribution in [2.45, 2.75) is 85.3 Å². The van der Waals surface area contributed by atoms with E-state index >= 15 is 0 Å². The number of esters is 1. The standard InChI is InChI=1S/C20H32N2O3/c1-12(2)20(6)19(24)21-17(22-20)14(5)16(18(23)25-13(3)4)15-10-8-7-9-11-15/h12-13,15H,7-11H2,1-6H3,(H,21,22,24). The average Bonchev–Trinajstić information content (AvgIpc) is 2.85. The van der Waals surface area contributed by atoms with E-state index in [4.69, 9.17) is 4.74 Å². The number of carbonyl (C=O) groups excluding carboxylic acids is 2. The molecule has 1 unspecified atom stereocenters. The van der Waals surface area contributed by atoms with Gasteiger partial charge in [-0.3, -0.25) is 9.79 Å². The molecule has 1 N–H and O–H groups in total. The van der Waals surface area contributed by atoms with Gasteiger partial charge in [0, 0.05) is 11.1 Å². The number of nitrogens with one attached hydrogen (secondary N) is 1. The molecule has 1 amide bonds. The summed E-state index contributed by atoms with van der Waals surface area (Å²) >= 11 is 0. The van der Waals surface area contributed by atoms with Gasteiger partial charge in [-0.15, -0.1) is 0 Å². The summed E-state index contributed by atoms with van der Waals surface area (Å²) in [5, 5.41) is 2.90. The smallest absolute Gasteiger partial charge is 0.334 e. The highest BCUT2D eigenvalue weighted by Crippen LogP contribution is 2.34. The molecule has 2 aliphatic rings. The first kappa shape index (κ1) is 19.7. The van der Waals surface area contributed by atoms with E-state index in [1.807, 2.05) is 41.5 Å². The van der Waals surface area contributed by atoms with Crippen LogP contribution < -0.4 is 5.32 Å². The monoisotopic (exact) mass is 348 g/mol. The molecule has 0 saturated heterocycles. The van der Waals surface area contributed by atoms with Crippen LogP contribution in [0, 0.1) is 11.8 Å². The van der Waals surface area contributed by atoms with Crippen LogP contribution in [0.15, 0.2) is 16.1 Å². The first-order valence-corrected chi connectivity index (χ1v) is 9.50. The first-order chi connectivity index (χ1) is 11.7. The second-order valence-corrected chi connectivity index (χ2v) is 8.04. The molecule has 0 spiro atoms. The van der Waals surface area contributed by atoms with E-state index in [1.54, 1.807) is 0 Å². The molecular weight excluding hydrogens is 316 g/mol. The van der Waals surface area contributed by atoms with E-state index in [0.717, 1.165) is 31.3 Å². The van der Waals surface area contributed by atoms with Crippen LogP contribution in [0.4, 0.5) is 0 Å². The Morgan fingerprint density at radius 3 is 2.28 bits per heavy atom. The number of hydrogen-bond acceptors (Lipinski definition) is 4. The first-order valence-electron chi connectivity index (χ1n) is 9.50. The molecule has 1 aliphatic carbocycles. The highest BCUT2D eigenvalue weighted by Gasteiger charge is 2.43. The van der Waals surface area contributed by atoms with E-state index < -0.39 is 5.54 Å². The van der Waals surface area contributed by atoms with Gasteiger partial charge in [-0.25, -0.2) is 4.79 Å². The van der Waals surface area contributed by atoms with E-state index in [-0.39, 0.29) is 29.8 Å². The van der Waals surface area contributed by atoms with Gasteiger partial charge < -0.3 is 10.1 Å². The zero-order valence-electron chi connectivity index (χ0n) is 16.4. The van der Waals surface area contributed by atoms with Crippen LogP contribution in [0.2, 0.25) is 0 Å². The van der Waals surface area contributed by atoms with Gasteiger partial charge in [-0.05, 0) is 52.4 Å². The summed E-state index contributed by atoms with van der Waals surface area (Å²) in [5.74, 6) is 0.429. The minimum Gasteiger partial charge on any atom is -0.460 e. The van der Waals surface area contributed by atoms with Gasteiger partial charge in [0.05, 0.1) is 6.10 Å². The molecule has 0 aromatic rings. The van der Waals surface area contributed by atoms with Crippen molar-refractivity contribution in [2.24, 2.45) is 16.8 Å². The average molecular weight is 348 g/mol. The molecule has 5 nitrogen and oxygen atoms in total. The Hall–Kier alpha value is -1.65. The van der Waals surface area contributed by atoms with Crippen LogP contribution in [-0.2, 0) is 14.3 Å². The highest BCUT2D eigenvalue weighted by atomic mass is 16.5. The van der Waals surface area contributed by atoms with E-state index in [0.29, 0.717) is 11.4 Å². The maximum absolute atomic E-state index is 12.8. The van der Waals surface area contributed by atoms with Crippen molar-refractivity contribution in [3.8, 4) is 0 Å². The molecule has 0 aromatic carbocycles. The van der Waals surface area contributed by atoms with E-state index in [1.165, 1.54) is 6.42 Å². The Kier molecular flexibility index (Phi) is 6.07. The molecule has 1 aliphatic heterocycles. The van der Waals surface area contributed by atoms with Crippen molar-refractivity contribution >= 4 is 17.7 Å². The van der Waals surface area contributed by atoms with Crippen LogP contribution in [0.1, 0.15) is 73.6 Å². The minimum atomic E-state index is -0.782. The SMILES string of the molecule is CC(C1=NC(C)(C(C)C)C(=O)N1)=C(C(=O)OC(C)C)C1CCCCC1. The third-order valence-electron chi connectivity index (χ3n) is 5.50. The quantitative estimate of drug-likeness (QED) is 0.607. The molecule has 5 heteroatoms. The number of carbonyl (C=O) groups is 2. The molecule has 25 heavy (non-hydrogen) atoms. The molecule has 0 bridgehead atoms. The van der Waals surface area contributed by atoms with Crippen LogP contribution in [0.3, 0.4) is 0 Å². The Morgan fingerprint density at radius 2 is 1.80 bits per heavy atom. The van der Waals surface area contributed by atoms with Gasteiger partial charge in [0.25, 0.3) is 5.91 Å². The van der Waals surface area contributed by atoms with Gasteiger partial charge >= 0.3 is 5.97 Å². The number of nitrogens with zero attached hydrogens (tertiary/aromatic N) is 1. The maximum Gasteiger partial charge on any atom is 0.334 e. The molecule has 1 saturated carbocycles. The third-order valence-corrected chi connectivity index (χ3v) is 5.50. The maximum atomic E-state index is 12.8. The molecule has 1 heterocycles. The van der Waals surface area contributed by atoms with Crippen LogP contribution in [0.5, 0.6) is 0 Å². The normalized spacial score (nSPS) is 25.8. The topological polar surface area (TPSA) is 67.8 Å². The fourth-order valence-corrected chi connectivity index (χ4v) is 3.54. The number of hydrogen-bond donors (Lipinski definition) is 1. The zero-order chi connectivity index (χ0) is 18.8. The molecule has 140 valence electrons. The van der Waals surface area contributed by atoms with Crippen molar-refractivity contribution in [1.29, 1.82) is 0 Å². The fraction of sp³-hybridized carbons (Fsp3) is 0.750. The Morgan fingerprint density at radius 1 is 1.20 bits per heavy atom. The van der Waals surface area contributed by atoms with Crippen molar-refractivity contribution in [2.75, 3.05) is 0 Å². The number of amides is 1. The lowest BCUT2D eigenvalue weighted by atomic mass is 9.81. The molecule has 1 atom stereocenters. The number of ether oxygens (including phenoxy) is 1. The molecule has 0 aromatic heterocycles. The lowest BCUT2D eigenvalue weighted by Gasteiger charge is -2.26. The third kappa shape index (κ3) is 4.13. The van der Waals surface area contributed by atoms with Gasteiger partial charge in [0.2, 0.25) is 0 Å². The van der Waals surface area contributed by atoms with Gasteiger partial charge in [0.15, 0.2) is 0 Å². The summed E-state index contributed by atoms with van der Waals surface area (Å²) < 4.78 is 5.51. The van der Waals surface area contributed by atoms with Gasteiger partial charge in [-0.2, -0.15) is 0 Å². The van der Waals surface area contributed by atoms with Crippen LogP contribution in [-0.4, -0.2) is 29.4 Å². The zero-order valence-corrected chi connectivity index (χ0v) is 16.4. The summed E-state index contributed by atoms with van der Waals surface area (Å²) in [5.41, 5.74) is 0.673. The summed E-state index contributed by atoms with van der Waals surface area (Å²) in [7, 11) is 0. The van der Waals surface area contributed by atoms with Crippen molar-refractivity contribution in [3.05, 3.63) is 11.1 Å².